The van der Waals surface area contributed by atoms with Gasteiger partial charge in [-0.25, -0.2) is 0 Å². The first-order chi connectivity index (χ1) is 13.2. The molecule has 0 aromatic heterocycles. The first kappa shape index (κ1) is 18.9. The van der Waals surface area contributed by atoms with Crippen LogP contribution in [0.1, 0.15) is 51.0 Å². The van der Waals surface area contributed by atoms with Gasteiger partial charge in [-0.15, -0.1) is 0 Å². The zero-order valence-electron chi connectivity index (χ0n) is 16.2. The maximum atomic E-state index is 12.9. The molecule has 2 saturated carbocycles. The van der Waals surface area contributed by atoms with Crippen molar-refractivity contribution in [3.8, 4) is 0 Å². The molecule has 1 saturated heterocycles. The van der Waals surface area contributed by atoms with Gasteiger partial charge in [0.2, 0.25) is 0 Å². The molecule has 5 heteroatoms. The normalized spacial score (nSPS) is 32.2. The fourth-order valence-electron chi connectivity index (χ4n) is 5.13. The Bertz CT molecular complexity index is 639. The molecule has 27 heavy (non-hydrogen) atoms. The minimum atomic E-state index is -0.498. The summed E-state index contributed by atoms with van der Waals surface area (Å²) in [6.45, 7) is 4.22. The van der Waals surface area contributed by atoms with Crippen LogP contribution in [0, 0.1) is 11.3 Å². The van der Waals surface area contributed by atoms with E-state index < -0.39 is 11.2 Å². The van der Waals surface area contributed by atoms with Crippen molar-refractivity contribution in [1.29, 1.82) is 0 Å². The van der Waals surface area contributed by atoms with E-state index in [1.54, 1.807) is 0 Å². The Hall–Kier alpha value is -1.43. The molecule has 4 rings (SSSR count). The largest absolute Gasteiger partial charge is 0.466 e. The second-order valence-electron chi connectivity index (χ2n) is 8.08. The van der Waals surface area contributed by atoms with Crippen LogP contribution in [0.5, 0.6) is 0 Å². The molecule has 1 spiro atoms. The quantitative estimate of drug-likeness (QED) is 0.733. The van der Waals surface area contributed by atoms with E-state index in [2.05, 4.69) is 12.1 Å². The van der Waals surface area contributed by atoms with Gasteiger partial charge in [0.25, 0.3) is 0 Å². The molecule has 0 bridgehead atoms. The Labute approximate surface area is 161 Å². The maximum Gasteiger partial charge on any atom is 0.312 e. The summed E-state index contributed by atoms with van der Waals surface area (Å²) in [6.07, 6.45) is 5.06. The van der Waals surface area contributed by atoms with Crippen LogP contribution in [0.2, 0.25) is 0 Å². The van der Waals surface area contributed by atoms with Gasteiger partial charge in [0.05, 0.1) is 37.9 Å². The second-order valence-corrected chi connectivity index (χ2v) is 8.08. The lowest BCUT2D eigenvalue weighted by molar-refractivity contribution is -0.225. The van der Waals surface area contributed by atoms with Gasteiger partial charge in [0.1, 0.15) is 0 Å². The Morgan fingerprint density at radius 3 is 2.67 bits per heavy atom. The standard InChI is InChI=1S/C22H30O5/c1-2-24-20(23)21-9-8-19(25-16-17-6-4-3-5-7-17)14-18(21)15-22(11-10-21)26-12-13-27-22/h3-7,18-19H,2,8-16H2,1H3/t18-,19+,21+/m1/s1. The molecule has 0 amide bonds. The summed E-state index contributed by atoms with van der Waals surface area (Å²) in [6, 6.07) is 10.2. The van der Waals surface area contributed by atoms with Crippen LogP contribution in [-0.2, 0) is 30.3 Å². The molecule has 2 aliphatic carbocycles. The highest BCUT2D eigenvalue weighted by molar-refractivity contribution is 5.77. The number of rotatable bonds is 5. The van der Waals surface area contributed by atoms with Crippen molar-refractivity contribution in [3.05, 3.63) is 35.9 Å². The van der Waals surface area contributed by atoms with Gasteiger partial charge in [-0.3, -0.25) is 4.79 Å². The van der Waals surface area contributed by atoms with Crippen LogP contribution in [0.15, 0.2) is 30.3 Å². The molecule has 3 aliphatic rings. The van der Waals surface area contributed by atoms with Crippen LogP contribution in [0.3, 0.4) is 0 Å². The molecule has 3 atom stereocenters. The molecule has 3 fully saturated rings. The number of hydrogen-bond acceptors (Lipinski definition) is 5. The summed E-state index contributed by atoms with van der Waals surface area (Å²) in [5.41, 5.74) is 0.783. The smallest absolute Gasteiger partial charge is 0.312 e. The Morgan fingerprint density at radius 1 is 1.15 bits per heavy atom. The summed E-state index contributed by atoms with van der Waals surface area (Å²) in [5, 5.41) is 0. The van der Waals surface area contributed by atoms with E-state index in [-0.39, 0.29) is 18.0 Å². The van der Waals surface area contributed by atoms with Crippen LogP contribution < -0.4 is 0 Å². The highest BCUT2D eigenvalue weighted by Crippen LogP contribution is 2.56. The van der Waals surface area contributed by atoms with Crippen molar-refractivity contribution in [2.75, 3.05) is 19.8 Å². The van der Waals surface area contributed by atoms with E-state index >= 15 is 0 Å². The molecular weight excluding hydrogens is 344 g/mol. The SMILES string of the molecule is CCOC(=O)[C@]12CC[C@H](OCc3ccccc3)C[C@@H]1CC1(CC2)OCCO1. The number of ether oxygens (including phenoxy) is 4. The fourth-order valence-corrected chi connectivity index (χ4v) is 5.13. The molecule has 0 unspecified atom stereocenters. The highest BCUT2D eigenvalue weighted by Gasteiger charge is 2.58. The molecule has 5 nitrogen and oxygen atoms in total. The van der Waals surface area contributed by atoms with Gasteiger partial charge in [0, 0.05) is 12.8 Å². The molecule has 1 aliphatic heterocycles. The third kappa shape index (κ3) is 3.78. The third-order valence-corrected chi connectivity index (χ3v) is 6.57. The van der Waals surface area contributed by atoms with Crippen molar-refractivity contribution < 1.29 is 23.7 Å². The van der Waals surface area contributed by atoms with Crippen LogP contribution >= 0.6 is 0 Å². The number of carbonyl (C=O) groups excluding carboxylic acids is 1. The molecule has 1 heterocycles. The van der Waals surface area contributed by atoms with E-state index in [4.69, 9.17) is 18.9 Å². The Kier molecular flexibility index (Phi) is 5.53. The number of fused-ring (bicyclic) bond motifs is 1. The molecule has 0 radical (unpaired) electrons. The summed E-state index contributed by atoms with van der Waals surface area (Å²) >= 11 is 0. The van der Waals surface area contributed by atoms with Crippen LogP contribution in [-0.4, -0.2) is 37.7 Å². The lowest BCUT2D eigenvalue weighted by atomic mass is 9.57. The number of hydrogen-bond donors (Lipinski definition) is 0. The Balaban J connectivity index is 1.46. The van der Waals surface area contributed by atoms with Crippen molar-refractivity contribution in [3.63, 3.8) is 0 Å². The summed E-state index contributed by atoms with van der Waals surface area (Å²) in [7, 11) is 0. The highest BCUT2D eigenvalue weighted by atomic mass is 16.7. The van der Waals surface area contributed by atoms with Crippen molar-refractivity contribution in [1.82, 2.24) is 0 Å². The summed E-state index contributed by atoms with van der Waals surface area (Å²) in [5.74, 6) is -0.357. The zero-order chi connectivity index (χ0) is 18.7. The van der Waals surface area contributed by atoms with E-state index in [0.29, 0.717) is 26.4 Å². The van der Waals surface area contributed by atoms with Crippen LogP contribution in [0.25, 0.3) is 0 Å². The second kappa shape index (κ2) is 7.90. The predicted molar refractivity (Wildman–Crippen MR) is 99.9 cm³/mol. The molecule has 1 aromatic rings. The lowest BCUT2D eigenvalue weighted by Crippen LogP contribution is -2.53. The van der Waals surface area contributed by atoms with Crippen molar-refractivity contribution in [2.24, 2.45) is 11.3 Å². The average molecular weight is 374 g/mol. The van der Waals surface area contributed by atoms with Gasteiger partial charge < -0.3 is 18.9 Å². The van der Waals surface area contributed by atoms with Gasteiger partial charge in [-0.1, -0.05) is 30.3 Å². The summed E-state index contributed by atoms with van der Waals surface area (Å²) in [4.78, 5) is 12.9. The minimum Gasteiger partial charge on any atom is -0.466 e. The third-order valence-electron chi connectivity index (χ3n) is 6.57. The predicted octanol–water partition coefficient (Wildman–Crippen LogP) is 3.85. The van der Waals surface area contributed by atoms with Gasteiger partial charge in [-0.2, -0.15) is 0 Å². The zero-order valence-corrected chi connectivity index (χ0v) is 16.2. The number of benzene rings is 1. The van der Waals surface area contributed by atoms with Gasteiger partial charge in [0.15, 0.2) is 5.79 Å². The lowest BCUT2D eigenvalue weighted by Gasteiger charge is -2.51. The first-order valence-corrected chi connectivity index (χ1v) is 10.3. The van der Waals surface area contributed by atoms with Crippen LogP contribution in [0.4, 0.5) is 0 Å². The fraction of sp³-hybridized carbons (Fsp3) is 0.682. The minimum absolute atomic E-state index is 0.0376. The van der Waals surface area contributed by atoms with Crippen molar-refractivity contribution in [2.45, 2.75) is 63.9 Å². The number of carbonyl (C=O) groups is 1. The average Bonchev–Trinajstić information content (AvgIpc) is 3.15. The maximum absolute atomic E-state index is 12.9. The number of esters is 1. The molecule has 0 N–H and O–H groups in total. The van der Waals surface area contributed by atoms with Gasteiger partial charge >= 0.3 is 5.97 Å². The Morgan fingerprint density at radius 2 is 1.93 bits per heavy atom. The topological polar surface area (TPSA) is 54.0 Å². The monoisotopic (exact) mass is 374 g/mol. The van der Waals surface area contributed by atoms with E-state index in [9.17, 15) is 4.79 Å². The molecule has 148 valence electrons. The van der Waals surface area contributed by atoms with E-state index in [0.717, 1.165) is 38.5 Å². The summed E-state index contributed by atoms with van der Waals surface area (Å²) < 4.78 is 23.6. The van der Waals surface area contributed by atoms with Gasteiger partial charge in [-0.05, 0) is 44.1 Å². The van der Waals surface area contributed by atoms with E-state index in [1.165, 1.54) is 5.56 Å². The van der Waals surface area contributed by atoms with E-state index in [1.807, 2.05) is 25.1 Å². The first-order valence-electron chi connectivity index (χ1n) is 10.3. The van der Waals surface area contributed by atoms with Crippen molar-refractivity contribution >= 4 is 5.97 Å². The molecule has 1 aromatic carbocycles. The molecular formula is C22H30O5.